The molecular weight excluding hydrogens is 706 g/mol. The molecular formula is C34H35Br2N3O4S. The summed E-state index contributed by atoms with van der Waals surface area (Å²) in [5.74, 6) is -0.803. The molecule has 0 aromatic heterocycles. The van der Waals surface area contributed by atoms with Gasteiger partial charge in [0.15, 0.2) is 0 Å². The van der Waals surface area contributed by atoms with E-state index in [2.05, 4.69) is 37.2 Å². The third kappa shape index (κ3) is 8.80. The summed E-state index contributed by atoms with van der Waals surface area (Å²) in [7, 11) is -4.16. The Balaban J connectivity index is 1.80. The van der Waals surface area contributed by atoms with Crippen molar-refractivity contribution in [2.24, 2.45) is 0 Å². The van der Waals surface area contributed by atoms with Gasteiger partial charge in [0.1, 0.15) is 12.6 Å². The van der Waals surface area contributed by atoms with E-state index in [1.807, 2.05) is 68.4 Å². The molecule has 0 heterocycles. The number of sulfonamides is 1. The fourth-order valence-electron chi connectivity index (χ4n) is 4.75. The molecule has 0 aliphatic carbocycles. The van der Waals surface area contributed by atoms with Crippen molar-refractivity contribution in [3.63, 3.8) is 0 Å². The highest BCUT2D eigenvalue weighted by molar-refractivity contribution is 9.10. The minimum Gasteiger partial charge on any atom is -0.354 e. The highest BCUT2D eigenvalue weighted by Crippen LogP contribution is 2.28. The van der Waals surface area contributed by atoms with Crippen LogP contribution in [0.15, 0.2) is 117 Å². The van der Waals surface area contributed by atoms with E-state index < -0.39 is 28.5 Å². The second-order valence-corrected chi connectivity index (χ2v) is 14.1. The van der Waals surface area contributed by atoms with Gasteiger partial charge in [0, 0.05) is 28.5 Å². The van der Waals surface area contributed by atoms with Crippen LogP contribution in [0.3, 0.4) is 0 Å². The first-order chi connectivity index (χ1) is 21.1. The monoisotopic (exact) mass is 739 g/mol. The maximum absolute atomic E-state index is 14.5. The van der Waals surface area contributed by atoms with Gasteiger partial charge < -0.3 is 10.2 Å². The van der Waals surface area contributed by atoms with Gasteiger partial charge in [-0.25, -0.2) is 8.42 Å². The molecule has 0 spiro atoms. The van der Waals surface area contributed by atoms with Gasteiger partial charge in [-0.3, -0.25) is 13.9 Å². The summed E-state index contributed by atoms with van der Waals surface area (Å²) in [6, 6.07) is 29.5. The molecule has 0 fully saturated rings. The molecule has 2 amide bonds. The summed E-state index contributed by atoms with van der Waals surface area (Å²) >= 11 is 6.94. The molecule has 0 aliphatic heterocycles. The molecule has 10 heteroatoms. The number of amides is 2. The molecule has 44 heavy (non-hydrogen) atoms. The Kier molecular flexibility index (Phi) is 11.8. The molecule has 1 atom stereocenters. The second-order valence-electron chi connectivity index (χ2n) is 10.5. The van der Waals surface area contributed by atoms with Crippen molar-refractivity contribution in [2.75, 3.05) is 17.4 Å². The lowest BCUT2D eigenvalue weighted by molar-refractivity contribution is -0.140. The van der Waals surface area contributed by atoms with E-state index in [4.69, 9.17) is 0 Å². The molecule has 0 bridgehead atoms. The van der Waals surface area contributed by atoms with Crippen LogP contribution in [0.2, 0.25) is 0 Å². The lowest BCUT2D eigenvalue weighted by Gasteiger charge is -2.34. The van der Waals surface area contributed by atoms with Crippen LogP contribution >= 0.6 is 31.9 Å². The van der Waals surface area contributed by atoms with Crippen molar-refractivity contribution < 1.29 is 18.0 Å². The second kappa shape index (κ2) is 15.5. The maximum atomic E-state index is 14.5. The summed E-state index contributed by atoms with van der Waals surface area (Å²) in [6.07, 6.45) is 0.993. The van der Waals surface area contributed by atoms with Gasteiger partial charge in [0.2, 0.25) is 11.8 Å². The predicted molar refractivity (Wildman–Crippen MR) is 182 cm³/mol. The number of benzene rings is 4. The lowest BCUT2D eigenvalue weighted by Crippen LogP contribution is -2.53. The Morgan fingerprint density at radius 1 is 0.818 bits per heavy atom. The maximum Gasteiger partial charge on any atom is 0.264 e. The molecule has 4 aromatic rings. The van der Waals surface area contributed by atoms with E-state index in [9.17, 15) is 18.0 Å². The third-order valence-corrected chi connectivity index (χ3v) is 9.82. The highest BCUT2D eigenvalue weighted by atomic mass is 79.9. The molecule has 4 aromatic carbocycles. The number of nitrogens with zero attached hydrogens (tertiary/aromatic N) is 2. The van der Waals surface area contributed by atoms with E-state index in [1.165, 1.54) is 17.0 Å². The average Bonchev–Trinajstić information content (AvgIpc) is 3.01. The molecule has 4 rings (SSSR count). The first kappa shape index (κ1) is 33.4. The van der Waals surface area contributed by atoms with Crippen LogP contribution in [0.1, 0.15) is 30.0 Å². The molecule has 1 N–H and O–H groups in total. The molecule has 7 nitrogen and oxygen atoms in total. The van der Waals surface area contributed by atoms with Crippen molar-refractivity contribution in [3.8, 4) is 0 Å². The van der Waals surface area contributed by atoms with Crippen LogP contribution in [0.5, 0.6) is 0 Å². The summed E-state index contributed by atoms with van der Waals surface area (Å²) < 4.78 is 30.8. The summed E-state index contributed by atoms with van der Waals surface area (Å²) in [5, 5.41) is 2.96. The number of nitrogens with one attached hydrogen (secondary N) is 1. The number of anilines is 1. The van der Waals surface area contributed by atoms with E-state index >= 15 is 0 Å². The van der Waals surface area contributed by atoms with Crippen molar-refractivity contribution >= 4 is 59.4 Å². The zero-order chi connectivity index (χ0) is 31.7. The minimum atomic E-state index is -4.16. The van der Waals surface area contributed by atoms with Gasteiger partial charge in [-0.2, -0.15) is 0 Å². The Bertz CT molecular complexity index is 1680. The molecule has 0 saturated heterocycles. The van der Waals surface area contributed by atoms with E-state index in [0.29, 0.717) is 16.7 Å². The summed E-state index contributed by atoms with van der Waals surface area (Å²) in [6.45, 7) is 3.89. The number of hydrogen-bond acceptors (Lipinski definition) is 4. The average molecular weight is 742 g/mol. The van der Waals surface area contributed by atoms with Crippen molar-refractivity contribution in [1.82, 2.24) is 10.2 Å². The van der Waals surface area contributed by atoms with Crippen LogP contribution in [-0.4, -0.2) is 44.3 Å². The minimum absolute atomic E-state index is 0.0657. The van der Waals surface area contributed by atoms with Crippen LogP contribution in [0.25, 0.3) is 0 Å². The molecule has 230 valence electrons. The SMILES string of the molecule is CCCNC(=O)[C@@H](Cc1ccccc1)N(Cc1cccc(Br)c1)C(=O)CN(c1cccc(Br)c1)S(=O)(=O)c1ccc(C)cc1. The number of aryl methyl sites for hydroxylation is 1. The number of halogens is 2. The summed E-state index contributed by atoms with van der Waals surface area (Å²) in [4.78, 5) is 29.7. The first-order valence-electron chi connectivity index (χ1n) is 14.3. The Morgan fingerprint density at radius 3 is 2.09 bits per heavy atom. The molecule has 0 unspecified atom stereocenters. The van der Waals surface area contributed by atoms with Crippen molar-refractivity contribution in [1.29, 1.82) is 0 Å². The van der Waals surface area contributed by atoms with Gasteiger partial charge in [0.05, 0.1) is 10.6 Å². The smallest absolute Gasteiger partial charge is 0.264 e. The number of rotatable bonds is 13. The van der Waals surface area contributed by atoms with Crippen LogP contribution in [0, 0.1) is 6.92 Å². The van der Waals surface area contributed by atoms with Crippen LogP contribution < -0.4 is 9.62 Å². The fourth-order valence-corrected chi connectivity index (χ4v) is 6.99. The Morgan fingerprint density at radius 2 is 1.45 bits per heavy atom. The van der Waals surface area contributed by atoms with Gasteiger partial charge in [0.25, 0.3) is 10.0 Å². The van der Waals surface area contributed by atoms with Crippen molar-refractivity contribution in [3.05, 3.63) is 129 Å². The van der Waals surface area contributed by atoms with Gasteiger partial charge in [-0.15, -0.1) is 0 Å². The lowest BCUT2D eigenvalue weighted by atomic mass is 10.0. The Hall–Kier alpha value is -3.47. The van der Waals surface area contributed by atoms with E-state index in [0.717, 1.165) is 31.9 Å². The van der Waals surface area contributed by atoms with Gasteiger partial charge in [-0.05, 0) is 66.9 Å². The topological polar surface area (TPSA) is 86.8 Å². The molecule has 0 saturated carbocycles. The standard InChI is InChI=1S/C34H35Br2N3O4S/c1-3-19-37-34(41)32(21-26-9-5-4-6-10-26)38(23-27-11-7-12-28(35)20-27)33(40)24-39(30-14-8-13-29(36)22-30)44(42,43)31-17-15-25(2)16-18-31/h4-18,20,22,32H,3,19,21,23-24H2,1-2H3,(H,37,41)/t32-/m1/s1. The fraction of sp³-hybridized carbons (Fsp3) is 0.235. The zero-order valence-corrected chi connectivity index (χ0v) is 28.6. The van der Waals surface area contributed by atoms with Crippen LogP contribution in [-0.2, 0) is 32.6 Å². The van der Waals surface area contributed by atoms with E-state index in [-0.39, 0.29) is 23.8 Å². The van der Waals surface area contributed by atoms with Crippen molar-refractivity contribution in [2.45, 2.75) is 44.2 Å². The molecule has 0 radical (unpaired) electrons. The number of carbonyl (C=O) groups is 2. The van der Waals surface area contributed by atoms with Gasteiger partial charge >= 0.3 is 0 Å². The predicted octanol–water partition coefficient (Wildman–Crippen LogP) is 6.88. The summed E-state index contributed by atoms with van der Waals surface area (Å²) in [5.41, 5.74) is 2.92. The van der Waals surface area contributed by atoms with E-state index in [1.54, 1.807) is 36.4 Å². The largest absolute Gasteiger partial charge is 0.354 e. The number of carbonyl (C=O) groups excluding carboxylic acids is 2. The number of hydrogen-bond donors (Lipinski definition) is 1. The Labute approximate surface area is 276 Å². The van der Waals surface area contributed by atoms with Gasteiger partial charge in [-0.1, -0.05) is 105 Å². The molecule has 0 aliphatic rings. The quantitative estimate of drug-likeness (QED) is 0.162. The first-order valence-corrected chi connectivity index (χ1v) is 17.3. The highest BCUT2D eigenvalue weighted by Gasteiger charge is 2.34. The van der Waals surface area contributed by atoms with Crippen LogP contribution in [0.4, 0.5) is 5.69 Å². The third-order valence-electron chi connectivity index (χ3n) is 7.05. The normalized spacial score (nSPS) is 11.9. The zero-order valence-electron chi connectivity index (χ0n) is 24.6.